The molecule has 3 heteroatoms. The summed E-state index contributed by atoms with van der Waals surface area (Å²) in [6, 6.07) is 6.05. The van der Waals surface area contributed by atoms with Gasteiger partial charge in [-0.2, -0.15) is 0 Å². The monoisotopic (exact) mass is 233 g/mol. The Kier molecular flexibility index (Phi) is 4.45. The number of fused-ring (bicyclic) bond motifs is 1. The van der Waals surface area contributed by atoms with Crippen molar-refractivity contribution >= 4 is 0 Å². The largest absolute Gasteiger partial charge is 0.486 e. The van der Waals surface area contributed by atoms with E-state index in [0.717, 1.165) is 31.0 Å². The molecule has 0 fully saturated rings. The highest BCUT2D eigenvalue weighted by molar-refractivity contribution is 5.47. The predicted molar refractivity (Wildman–Crippen MR) is 68.6 cm³/mol. The summed E-state index contributed by atoms with van der Waals surface area (Å²) >= 11 is 0. The van der Waals surface area contributed by atoms with Gasteiger partial charge in [0.25, 0.3) is 0 Å². The number of ether oxygens (including phenoxy) is 2. The highest BCUT2D eigenvalue weighted by Crippen LogP contribution is 2.33. The number of rotatable bonds is 5. The van der Waals surface area contributed by atoms with Crippen molar-refractivity contribution in [3.8, 4) is 11.5 Å². The standard InChI is InChI=1S/C14H19NO2/c1-2-3-4-8-15-11-12-6-5-7-13-14(12)17-10-9-16-13/h2-3,5-7,15H,4,8-11H2,1H3/b3-2+. The van der Waals surface area contributed by atoms with Crippen LogP contribution < -0.4 is 14.8 Å². The van der Waals surface area contributed by atoms with Crippen LogP contribution in [0.1, 0.15) is 18.9 Å². The van der Waals surface area contributed by atoms with Gasteiger partial charge in [0.2, 0.25) is 0 Å². The van der Waals surface area contributed by atoms with Crippen LogP contribution in [0, 0.1) is 0 Å². The molecule has 0 aromatic heterocycles. The molecular weight excluding hydrogens is 214 g/mol. The average molecular weight is 233 g/mol. The number of benzene rings is 1. The van der Waals surface area contributed by atoms with Crippen molar-refractivity contribution in [1.29, 1.82) is 0 Å². The smallest absolute Gasteiger partial charge is 0.165 e. The molecule has 0 atom stereocenters. The van der Waals surface area contributed by atoms with Gasteiger partial charge in [-0.15, -0.1) is 0 Å². The van der Waals surface area contributed by atoms with E-state index in [2.05, 4.69) is 23.5 Å². The Morgan fingerprint density at radius 1 is 1.29 bits per heavy atom. The summed E-state index contributed by atoms with van der Waals surface area (Å²) in [6.07, 6.45) is 5.29. The molecule has 1 heterocycles. The van der Waals surface area contributed by atoms with Crippen molar-refractivity contribution in [1.82, 2.24) is 5.32 Å². The van der Waals surface area contributed by atoms with Gasteiger partial charge in [0, 0.05) is 12.1 Å². The van der Waals surface area contributed by atoms with Gasteiger partial charge in [-0.3, -0.25) is 0 Å². The zero-order chi connectivity index (χ0) is 11.9. The maximum absolute atomic E-state index is 5.65. The Labute approximate surface area is 102 Å². The van der Waals surface area contributed by atoms with Crippen LogP contribution in [-0.4, -0.2) is 19.8 Å². The summed E-state index contributed by atoms with van der Waals surface area (Å²) in [7, 11) is 0. The third-order valence-corrected chi connectivity index (χ3v) is 2.69. The Morgan fingerprint density at radius 2 is 2.18 bits per heavy atom. The molecule has 2 rings (SSSR count). The number of hydrogen-bond acceptors (Lipinski definition) is 3. The van der Waals surface area contributed by atoms with Crippen LogP contribution in [0.2, 0.25) is 0 Å². The highest BCUT2D eigenvalue weighted by atomic mass is 16.6. The summed E-state index contributed by atoms with van der Waals surface area (Å²) in [5.74, 6) is 1.77. The van der Waals surface area contributed by atoms with E-state index in [1.54, 1.807) is 0 Å². The van der Waals surface area contributed by atoms with Gasteiger partial charge < -0.3 is 14.8 Å². The van der Waals surface area contributed by atoms with Gasteiger partial charge in [0.15, 0.2) is 11.5 Å². The molecule has 0 amide bonds. The van der Waals surface area contributed by atoms with Crippen molar-refractivity contribution < 1.29 is 9.47 Å². The topological polar surface area (TPSA) is 30.5 Å². The lowest BCUT2D eigenvalue weighted by molar-refractivity contribution is 0.169. The summed E-state index contributed by atoms with van der Waals surface area (Å²) in [5.41, 5.74) is 1.17. The lowest BCUT2D eigenvalue weighted by atomic mass is 10.1. The molecule has 3 nitrogen and oxygen atoms in total. The Balaban J connectivity index is 1.92. The van der Waals surface area contributed by atoms with E-state index in [9.17, 15) is 0 Å². The Morgan fingerprint density at radius 3 is 3.06 bits per heavy atom. The summed E-state index contributed by atoms with van der Waals surface area (Å²) < 4.78 is 11.2. The van der Waals surface area contributed by atoms with Crippen molar-refractivity contribution in [3.63, 3.8) is 0 Å². The molecule has 1 aliphatic rings. The molecule has 1 aromatic rings. The van der Waals surface area contributed by atoms with Crippen LogP contribution >= 0.6 is 0 Å². The summed E-state index contributed by atoms with van der Waals surface area (Å²) in [6.45, 7) is 5.13. The quantitative estimate of drug-likeness (QED) is 0.626. The zero-order valence-electron chi connectivity index (χ0n) is 10.2. The van der Waals surface area contributed by atoms with E-state index in [-0.39, 0.29) is 0 Å². The van der Waals surface area contributed by atoms with E-state index < -0.39 is 0 Å². The molecule has 0 saturated heterocycles. The SMILES string of the molecule is C/C=C/CCNCc1cccc2c1OCCO2. The van der Waals surface area contributed by atoms with E-state index >= 15 is 0 Å². The van der Waals surface area contributed by atoms with E-state index in [4.69, 9.17) is 9.47 Å². The minimum atomic E-state index is 0.641. The minimum absolute atomic E-state index is 0.641. The van der Waals surface area contributed by atoms with E-state index in [1.807, 2.05) is 19.1 Å². The second-order valence-electron chi connectivity index (χ2n) is 3.98. The predicted octanol–water partition coefficient (Wildman–Crippen LogP) is 2.51. The first-order valence-corrected chi connectivity index (χ1v) is 6.11. The number of hydrogen-bond donors (Lipinski definition) is 1. The van der Waals surface area contributed by atoms with Crippen LogP contribution in [0.25, 0.3) is 0 Å². The molecule has 0 saturated carbocycles. The molecule has 1 N–H and O–H groups in total. The molecule has 0 unspecified atom stereocenters. The molecule has 1 aliphatic heterocycles. The van der Waals surface area contributed by atoms with Crippen LogP contribution in [0.5, 0.6) is 11.5 Å². The number of para-hydroxylation sites is 1. The van der Waals surface area contributed by atoms with Crippen molar-refractivity contribution in [2.24, 2.45) is 0 Å². The molecular formula is C14H19NO2. The number of nitrogens with one attached hydrogen (secondary N) is 1. The van der Waals surface area contributed by atoms with Gasteiger partial charge in [-0.25, -0.2) is 0 Å². The normalized spacial score (nSPS) is 14.2. The minimum Gasteiger partial charge on any atom is -0.486 e. The van der Waals surface area contributed by atoms with E-state index in [1.165, 1.54) is 5.56 Å². The van der Waals surface area contributed by atoms with Gasteiger partial charge >= 0.3 is 0 Å². The third-order valence-electron chi connectivity index (χ3n) is 2.69. The van der Waals surface area contributed by atoms with Crippen LogP contribution in [0.3, 0.4) is 0 Å². The fraction of sp³-hybridized carbons (Fsp3) is 0.429. The second kappa shape index (κ2) is 6.30. The molecule has 0 aliphatic carbocycles. The van der Waals surface area contributed by atoms with Gasteiger partial charge in [0.1, 0.15) is 13.2 Å². The van der Waals surface area contributed by atoms with Crippen molar-refractivity contribution in [2.75, 3.05) is 19.8 Å². The fourth-order valence-electron chi connectivity index (χ4n) is 1.85. The van der Waals surface area contributed by atoms with Crippen LogP contribution in [0.15, 0.2) is 30.4 Å². The zero-order valence-corrected chi connectivity index (χ0v) is 10.2. The highest BCUT2D eigenvalue weighted by Gasteiger charge is 2.14. The maximum Gasteiger partial charge on any atom is 0.165 e. The molecule has 0 radical (unpaired) electrons. The Hall–Kier alpha value is -1.48. The molecule has 1 aromatic carbocycles. The van der Waals surface area contributed by atoms with Gasteiger partial charge in [-0.1, -0.05) is 24.3 Å². The summed E-state index contributed by atoms with van der Waals surface area (Å²) in [5, 5.41) is 3.40. The van der Waals surface area contributed by atoms with Gasteiger partial charge in [0.05, 0.1) is 0 Å². The first-order chi connectivity index (χ1) is 8.42. The maximum atomic E-state index is 5.65. The van der Waals surface area contributed by atoms with Crippen molar-refractivity contribution in [2.45, 2.75) is 19.9 Å². The van der Waals surface area contributed by atoms with Crippen molar-refractivity contribution in [3.05, 3.63) is 35.9 Å². The third kappa shape index (κ3) is 3.24. The lowest BCUT2D eigenvalue weighted by Gasteiger charge is -2.21. The number of allylic oxidation sites excluding steroid dienone is 1. The fourth-order valence-corrected chi connectivity index (χ4v) is 1.85. The van der Waals surface area contributed by atoms with Crippen LogP contribution in [-0.2, 0) is 6.54 Å². The first kappa shape index (κ1) is 12.0. The first-order valence-electron chi connectivity index (χ1n) is 6.11. The molecule has 0 bridgehead atoms. The molecule has 0 spiro atoms. The van der Waals surface area contributed by atoms with Gasteiger partial charge in [-0.05, 0) is 26.0 Å². The van der Waals surface area contributed by atoms with Crippen LogP contribution in [0.4, 0.5) is 0 Å². The lowest BCUT2D eigenvalue weighted by Crippen LogP contribution is -2.19. The molecule has 17 heavy (non-hydrogen) atoms. The molecule has 92 valence electrons. The average Bonchev–Trinajstić information content (AvgIpc) is 2.39. The van der Waals surface area contributed by atoms with E-state index in [0.29, 0.717) is 13.2 Å². The second-order valence-corrected chi connectivity index (χ2v) is 3.98. The summed E-state index contributed by atoms with van der Waals surface area (Å²) in [4.78, 5) is 0. The Bertz CT molecular complexity index is 388.